The molecule has 19 heavy (non-hydrogen) atoms. The van der Waals surface area contributed by atoms with Crippen LogP contribution in [0.15, 0.2) is 18.2 Å². The summed E-state index contributed by atoms with van der Waals surface area (Å²) < 4.78 is 13.9. The zero-order valence-electron chi connectivity index (χ0n) is 11.8. The number of rotatable bonds is 8. The van der Waals surface area contributed by atoms with Gasteiger partial charge < -0.3 is 0 Å². The van der Waals surface area contributed by atoms with Gasteiger partial charge in [0.05, 0.1) is 6.04 Å². The van der Waals surface area contributed by atoms with Gasteiger partial charge in [0.15, 0.2) is 0 Å². The first-order valence-electron chi connectivity index (χ1n) is 7.04. The van der Waals surface area contributed by atoms with E-state index in [2.05, 4.69) is 19.3 Å². The number of nitrogens with one attached hydrogen (secondary N) is 1. The molecule has 2 atom stereocenters. The van der Waals surface area contributed by atoms with E-state index in [0.717, 1.165) is 19.3 Å². The molecule has 0 aliphatic carbocycles. The van der Waals surface area contributed by atoms with Crippen molar-refractivity contribution in [1.29, 1.82) is 0 Å². The van der Waals surface area contributed by atoms with E-state index < -0.39 is 0 Å². The average molecular weight is 287 g/mol. The van der Waals surface area contributed by atoms with Crippen molar-refractivity contribution < 1.29 is 4.39 Å². The van der Waals surface area contributed by atoms with Crippen molar-refractivity contribution in [3.05, 3.63) is 34.6 Å². The Morgan fingerprint density at radius 1 is 1.37 bits per heavy atom. The van der Waals surface area contributed by atoms with Crippen molar-refractivity contribution in [2.24, 2.45) is 11.8 Å². The molecule has 0 bridgehead atoms. The first-order valence-corrected chi connectivity index (χ1v) is 7.41. The second-order valence-electron chi connectivity index (χ2n) is 5.01. The Bertz CT molecular complexity index is 364. The fraction of sp³-hybridized carbons (Fsp3) is 0.600. The molecule has 1 aromatic carbocycles. The maximum Gasteiger partial charge on any atom is 0.129 e. The van der Waals surface area contributed by atoms with Gasteiger partial charge in [0.2, 0.25) is 0 Å². The van der Waals surface area contributed by atoms with Crippen LogP contribution in [0.3, 0.4) is 0 Å². The molecule has 2 nitrogen and oxygen atoms in total. The van der Waals surface area contributed by atoms with Crippen molar-refractivity contribution >= 4 is 11.6 Å². The number of unbranched alkanes of at least 4 members (excludes halogenated alkanes) is 1. The maximum atomic E-state index is 13.9. The summed E-state index contributed by atoms with van der Waals surface area (Å²) in [6.45, 7) is 4.34. The number of benzene rings is 1. The Balaban J connectivity index is 2.82. The molecule has 0 heterocycles. The van der Waals surface area contributed by atoms with Crippen LogP contribution >= 0.6 is 11.6 Å². The topological polar surface area (TPSA) is 38.0 Å². The van der Waals surface area contributed by atoms with Crippen molar-refractivity contribution in [2.45, 2.75) is 52.0 Å². The number of halogens is 2. The standard InChI is InChI=1S/C15H24ClFN2/c1-3-5-7-11(4-2)10-14(19-18)15-12(16)8-6-9-13(15)17/h6,8-9,11,14,19H,3-5,7,10,18H2,1-2H3. The third-order valence-electron chi connectivity index (χ3n) is 3.66. The van der Waals surface area contributed by atoms with Crippen LogP contribution in [0.5, 0.6) is 0 Å². The summed E-state index contributed by atoms with van der Waals surface area (Å²) in [4.78, 5) is 0. The van der Waals surface area contributed by atoms with Gasteiger partial charge in [-0.3, -0.25) is 11.3 Å². The normalized spacial score (nSPS) is 14.4. The minimum atomic E-state index is -0.291. The molecule has 1 aromatic rings. The highest BCUT2D eigenvalue weighted by atomic mass is 35.5. The van der Waals surface area contributed by atoms with Crippen LogP contribution in [-0.2, 0) is 0 Å². The molecular formula is C15H24ClFN2. The summed E-state index contributed by atoms with van der Waals surface area (Å²) in [5.74, 6) is 5.85. The van der Waals surface area contributed by atoms with E-state index >= 15 is 0 Å². The van der Waals surface area contributed by atoms with E-state index in [1.165, 1.54) is 18.9 Å². The molecule has 0 saturated carbocycles. The van der Waals surface area contributed by atoms with E-state index in [-0.39, 0.29) is 11.9 Å². The monoisotopic (exact) mass is 286 g/mol. The van der Waals surface area contributed by atoms with Crippen LogP contribution in [0.2, 0.25) is 5.02 Å². The van der Waals surface area contributed by atoms with Gasteiger partial charge in [-0.25, -0.2) is 4.39 Å². The van der Waals surface area contributed by atoms with Gasteiger partial charge in [0.1, 0.15) is 5.82 Å². The molecule has 0 amide bonds. The van der Waals surface area contributed by atoms with E-state index in [4.69, 9.17) is 17.4 Å². The predicted octanol–water partition coefficient (Wildman–Crippen LogP) is 4.59. The number of nitrogens with two attached hydrogens (primary N) is 1. The molecular weight excluding hydrogens is 263 g/mol. The number of hydrazine groups is 1. The van der Waals surface area contributed by atoms with E-state index in [1.54, 1.807) is 12.1 Å². The molecule has 0 spiro atoms. The highest BCUT2D eigenvalue weighted by Crippen LogP contribution is 2.32. The third kappa shape index (κ3) is 4.75. The fourth-order valence-electron chi connectivity index (χ4n) is 2.43. The van der Waals surface area contributed by atoms with Gasteiger partial charge in [-0.05, 0) is 24.5 Å². The summed E-state index contributed by atoms with van der Waals surface area (Å²) in [6.07, 6.45) is 5.41. The lowest BCUT2D eigenvalue weighted by Gasteiger charge is -2.23. The van der Waals surface area contributed by atoms with Gasteiger partial charge in [0, 0.05) is 10.6 Å². The lowest BCUT2D eigenvalue weighted by molar-refractivity contribution is 0.350. The number of hydrogen-bond acceptors (Lipinski definition) is 2. The predicted molar refractivity (Wildman–Crippen MR) is 79.4 cm³/mol. The van der Waals surface area contributed by atoms with Crippen LogP contribution in [0.25, 0.3) is 0 Å². The summed E-state index contributed by atoms with van der Waals surface area (Å²) in [7, 11) is 0. The third-order valence-corrected chi connectivity index (χ3v) is 3.99. The Labute approximate surface area is 120 Å². The van der Waals surface area contributed by atoms with Gasteiger partial charge in [-0.15, -0.1) is 0 Å². The van der Waals surface area contributed by atoms with E-state index in [0.29, 0.717) is 16.5 Å². The molecule has 0 aliphatic rings. The second kappa shape index (κ2) is 8.51. The Kier molecular flexibility index (Phi) is 7.36. The quantitative estimate of drug-likeness (QED) is 0.542. The zero-order valence-corrected chi connectivity index (χ0v) is 12.5. The largest absolute Gasteiger partial charge is 0.271 e. The number of hydrogen-bond donors (Lipinski definition) is 2. The summed E-state index contributed by atoms with van der Waals surface area (Å²) >= 11 is 6.10. The van der Waals surface area contributed by atoms with E-state index in [1.807, 2.05) is 0 Å². The molecule has 0 aromatic heterocycles. The van der Waals surface area contributed by atoms with Crippen LogP contribution < -0.4 is 11.3 Å². The summed E-state index contributed by atoms with van der Waals surface area (Å²) in [5.41, 5.74) is 3.20. The van der Waals surface area contributed by atoms with Gasteiger partial charge >= 0.3 is 0 Å². The van der Waals surface area contributed by atoms with Gasteiger partial charge in [-0.1, -0.05) is 57.2 Å². The lowest BCUT2D eigenvalue weighted by atomic mass is 9.89. The fourth-order valence-corrected chi connectivity index (χ4v) is 2.72. The minimum absolute atomic E-state index is 0.226. The molecule has 1 rings (SSSR count). The van der Waals surface area contributed by atoms with Crippen LogP contribution in [0.4, 0.5) is 4.39 Å². The smallest absolute Gasteiger partial charge is 0.129 e. The van der Waals surface area contributed by atoms with E-state index in [9.17, 15) is 4.39 Å². The second-order valence-corrected chi connectivity index (χ2v) is 5.41. The highest BCUT2D eigenvalue weighted by Gasteiger charge is 2.21. The average Bonchev–Trinajstić information content (AvgIpc) is 2.41. The van der Waals surface area contributed by atoms with Gasteiger partial charge in [0.25, 0.3) is 0 Å². The van der Waals surface area contributed by atoms with Gasteiger partial charge in [-0.2, -0.15) is 0 Å². The molecule has 0 fully saturated rings. The van der Waals surface area contributed by atoms with Crippen molar-refractivity contribution in [1.82, 2.24) is 5.43 Å². The first kappa shape index (κ1) is 16.4. The molecule has 0 saturated heterocycles. The summed E-state index contributed by atoms with van der Waals surface area (Å²) in [5, 5.41) is 0.438. The molecule has 0 radical (unpaired) electrons. The maximum absolute atomic E-state index is 13.9. The lowest BCUT2D eigenvalue weighted by Crippen LogP contribution is -2.30. The Morgan fingerprint density at radius 3 is 2.63 bits per heavy atom. The minimum Gasteiger partial charge on any atom is -0.271 e. The Hall–Kier alpha value is -0.640. The Morgan fingerprint density at radius 2 is 2.11 bits per heavy atom. The molecule has 2 unspecified atom stereocenters. The first-order chi connectivity index (χ1) is 9.13. The zero-order chi connectivity index (χ0) is 14.3. The molecule has 4 heteroatoms. The van der Waals surface area contributed by atoms with Crippen LogP contribution in [0, 0.1) is 11.7 Å². The van der Waals surface area contributed by atoms with Crippen molar-refractivity contribution in [3.63, 3.8) is 0 Å². The van der Waals surface area contributed by atoms with Crippen LogP contribution in [-0.4, -0.2) is 0 Å². The van der Waals surface area contributed by atoms with Crippen molar-refractivity contribution in [2.75, 3.05) is 0 Å². The van der Waals surface area contributed by atoms with Crippen LogP contribution in [0.1, 0.15) is 57.6 Å². The molecule has 0 aliphatic heterocycles. The summed E-state index contributed by atoms with van der Waals surface area (Å²) in [6, 6.07) is 4.52. The highest BCUT2D eigenvalue weighted by molar-refractivity contribution is 6.31. The molecule has 108 valence electrons. The van der Waals surface area contributed by atoms with Crippen molar-refractivity contribution in [3.8, 4) is 0 Å². The molecule has 3 N–H and O–H groups in total. The SMILES string of the molecule is CCCCC(CC)CC(NN)c1c(F)cccc1Cl.